The Morgan fingerprint density at radius 3 is 1.15 bits per heavy atom. The Kier molecular flexibility index (Phi) is 11.3. The van der Waals surface area contributed by atoms with Crippen molar-refractivity contribution in [3.63, 3.8) is 0 Å². The molecular formula is C104H80BN5. The van der Waals surface area contributed by atoms with Crippen molar-refractivity contribution in [2.75, 3.05) is 14.7 Å². The summed E-state index contributed by atoms with van der Waals surface area (Å²) in [7, 11) is 0. The maximum absolute atomic E-state index is 10.4. The number of para-hydroxylation sites is 6. The molecule has 0 saturated carbocycles. The summed E-state index contributed by atoms with van der Waals surface area (Å²) >= 11 is 0. The summed E-state index contributed by atoms with van der Waals surface area (Å²) in [6.07, 6.45) is 0. The van der Waals surface area contributed by atoms with Gasteiger partial charge in [-0.3, -0.25) is 0 Å². The third kappa shape index (κ3) is 11.0. The molecule has 0 N–H and O–H groups in total. The molecule has 2 aliphatic heterocycles. The van der Waals surface area contributed by atoms with E-state index in [4.69, 9.17) is 5.48 Å². The van der Waals surface area contributed by atoms with E-state index >= 15 is 0 Å². The maximum atomic E-state index is 10.4. The third-order valence-electron chi connectivity index (χ3n) is 21.6. The predicted molar refractivity (Wildman–Crippen MR) is 468 cm³/mol. The minimum Gasteiger partial charge on any atom is -0.310 e. The van der Waals surface area contributed by atoms with Crippen LogP contribution in [0.25, 0.3) is 111 Å². The lowest BCUT2D eigenvalue weighted by Crippen LogP contribution is -2.61. The van der Waals surface area contributed by atoms with Gasteiger partial charge in [-0.2, -0.15) is 0 Å². The second-order valence-electron chi connectivity index (χ2n) is 30.1. The summed E-state index contributed by atoms with van der Waals surface area (Å²) in [5.74, 6) is 0. The standard InChI is InChI=1S/C104H80BN5/c1-103(2,3)75-41-30-40-73(62-75)74-54-60-90-96(63-74)109(101-82(69-32-12-7-13-33-69)48-31-49-83(101)70-34-14-8-15-35-70)98-67-81(106(77-42-20-11-21-43-77)78-55-57-79(58-56-78)107-92-50-26-22-44-84(92)85-45-23-27-51-93(85)107)68-99-100(98)105(90)91-61-59-80(108-94-52-28-24-46-86(94)87-47-25-29-53-95(87)108)66-97(91)110(99)102-88(71-36-16-9-17-37-71)64-76(104(4,5)6)65-89(102)72-38-18-10-19-39-72/h7-68H,1-6H3/i11D,20D,21D,22D,23D,24D,25D,26D,27D,28D,29D,42D,43D,44D,45D,46D,47D,50D,51D,52D,53D. The molecule has 0 aliphatic carbocycles. The zero-order valence-electron chi connectivity index (χ0n) is 82.0. The molecular weight excluding hydrogens is 1330 g/mol. The lowest BCUT2D eigenvalue weighted by Gasteiger charge is -2.46. The van der Waals surface area contributed by atoms with Gasteiger partial charge in [0.25, 0.3) is 6.71 Å². The molecule has 0 radical (unpaired) electrons. The Labute approximate surface area is 673 Å². The van der Waals surface area contributed by atoms with Gasteiger partial charge in [0.05, 0.1) is 67.9 Å². The number of anilines is 9. The van der Waals surface area contributed by atoms with Gasteiger partial charge >= 0.3 is 0 Å². The molecule has 0 atom stereocenters. The highest BCUT2D eigenvalue weighted by Crippen LogP contribution is 2.56. The Hall–Kier alpha value is -13.4. The molecule has 18 aromatic rings. The Morgan fingerprint density at radius 2 is 0.673 bits per heavy atom. The van der Waals surface area contributed by atoms with E-state index in [1.165, 1.54) is 9.13 Å². The SMILES string of the molecule is [2H]c1c([2H])c([2H])c(N(c2ccc(-n3c4c([2H])c([2H])c([2H])c([2H])c4c4c([2H])c([2H])c([2H])c([2H])c43)cc2)c2cc3c4c(c2)N(c2c(-c5ccccc5)cc(C(C)(C)C)cc2-c2ccccc2)c2cc(-n5c6c([2H])c([2H])c([2H])c([2H])c6c6c([2H])c([2H])c([2H])c([2H])c65)ccc2B4c2ccc(-c4cccc(C(C)(C)C)c4)cc2N3c2c(-c3ccccc3)cccc2-c2ccccc2)c([2H])c1[2H]. The van der Waals surface area contributed by atoms with E-state index in [1.807, 2.05) is 133 Å². The van der Waals surface area contributed by atoms with Crippen LogP contribution in [-0.4, -0.2) is 15.8 Å². The number of fused-ring (bicyclic) bond motifs is 10. The third-order valence-corrected chi connectivity index (χ3v) is 21.6. The first-order valence-electron chi connectivity index (χ1n) is 47.3. The summed E-state index contributed by atoms with van der Waals surface area (Å²) in [6.45, 7) is 12.1. The van der Waals surface area contributed by atoms with Crippen LogP contribution in [0.1, 0.15) is 81.5 Å². The van der Waals surface area contributed by atoms with E-state index < -0.39 is 139 Å². The second-order valence-corrected chi connectivity index (χ2v) is 30.1. The first kappa shape index (κ1) is 47.3. The fourth-order valence-electron chi connectivity index (χ4n) is 16.4. The average molecular weight is 1430 g/mol. The lowest BCUT2D eigenvalue weighted by molar-refractivity contribution is 0.590. The van der Waals surface area contributed by atoms with Gasteiger partial charge < -0.3 is 23.8 Å². The van der Waals surface area contributed by atoms with Gasteiger partial charge in [-0.05, 0) is 175 Å². The van der Waals surface area contributed by atoms with Crippen LogP contribution in [-0.2, 0) is 10.8 Å². The highest BCUT2D eigenvalue weighted by molar-refractivity contribution is 7.00. The molecule has 16 aromatic carbocycles. The Balaban J connectivity index is 1.01. The normalized spacial score (nSPS) is 15.3. The molecule has 0 fully saturated rings. The van der Waals surface area contributed by atoms with Crippen LogP contribution >= 0.6 is 0 Å². The second kappa shape index (κ2) is 26.2. The van der Waals surface area contributed by atoms with E-state index in [-0.39, 0.29) is 77.5 Å². The molecule has 110 heavy (non-hydrogen) atoms. The Bertz CT molecular complexity index is 7650. The summed E-state index contributed by atoms with van der Waals surface area (Å²) < 4.78 is 203. The zero-order valence-corrected chi connectivity index (χ0v) is 61.0. The molecule has 0 spiro atoms. The number of hydrogen-bond donors (Lipinski definition) is 0. The minimum absolute atomic E-state index is 0.116. The van der Waals surface area contributed by atoms with Crippen LogP contribution in [0.2, 0.25) is 0 Å². The number of aromatic nitrogens is 2. The first-order valence-corrected chi connectivity index (χ1v) is 36.8. The van der Waals surface area contributed by atoms with Crippen molar-refractivity contribution >= 4 is 118 Å². The molecule has 0 bridgehead atoms. The highest BCUT2D eigenvalue weighted by Gasteiger charge is 2.46. The van der Waals surface area contributed by atoms with Crippen molar-refractivity contribution in [2.45, 2.75) is 52.4 Å². The summed E-state index contributed by atoms with van der Waals surface area (Å²) in [4.78, 5) is 6.07. The largest absolute Gasteiger partial charge is 0.310 e. The summed E-state index contributed by atoms with van der Waals surface area (Å²) in [5, 5.41) is -0.568. The number of rotatable bonds is 12. The smallest absolute Gasteiger partial charge is 0.252 e. The first-order chi connectivity index (χ1) is 62.6. The monoisotopic (exact) mass is 1430 g/mol. The number of benzene rings is 16. The molecule has 6 heteroatoms. The Morgan fingerprint density at radius 1 is 0.282 bits per heavy atom. The summed E-state index contributed by atoms with van der Waals surface area (Å²) in [6, 6.07) is 69.4. The van der Waals surface area contributed by atoms with E-state index in [1.54, 1.807) is 29.2 Å². The topological polar surface area (TPSA) is 19.6 Å². The van der Waals surface area contributed by atoms with Crippen LogP contribution in [0.3, 0.4) is 0 Å². The van der Waals surface area contributed by atoms with Crippen molar-refractivity contribution in [3.05, 3.63) is 387 Å². The molecule has 524 valence electrons. The molecule has 0 saturated heterocycles. The van der Waals surface area contributed by atoms with Crippen molar-refractivity contribution in [1.29, 1.82) is 0 Å². The number of nitrogens with zero attached hydrogens (tertiary/aromatic N) is 5. The van der Waals surface area contributed by atoms with Gasteiger partial charge in [-0.15, -0.1) is 0 Å². The van der Waals surface area contributed by atoms with Crippen LogP contribution in [0.4, 0.5) is 51.2 Å². The molecule has 2 aromatic heterocycles. The average Bonchev–Trinajstić information content (AvgIpc) is 1.69. The van der Waals surface area contributed by atoms with Gasteiger partial charge in [0.2, 0.25) is 0 Å². The molecule has 4 heterocycles. The maximum Gasteiger partial charge on any atom is 0.252 e. The zero-order chi connectivity index (χ0) is 92.2. The molecule has 2 aliphatic rings. The quantitative estimate of drug-likeness (QED) is 0.114. The minimum atomic E-state index is -0.843. The molecule has 0 unspecified atom stereocenters. The van der Waals surface area contributed by atoms with E-state index in [0.29, 0.717) is 45.0 Å². The van der Waals surface area contributed by atoms with E-state index in [9.17, 15) is 23.3 Å². The van der Waals surface area contributed by atoms with Gasteiger partial charge in [0.1, 0.15) is 0 Å². The van der Waals surface area contributed by atoms with Crippen molar-refractivity contribution in [1.82, 2.24) is 9.13 Å². The van der Waals surface area contributed by atoms with Crippen molar-refractivity contribution in [3.8, 4) is 67.0 Å². The predicted octanol–water partition coefficient (Wildman–Crippen LogP) is 26.4. The lowest BCUT2D eigenvalue weighted by atomic mass is 9.33. The van der Waals surface area contributed by atoms with Gasteiger partial charge in [0, 0.05) is 89.3 Å². The highest BCUT2D eigenvalue weighted by atomic mass is 15.2. The van der Waals surface area contributed by atoms with Gasteiger partial charge in [0.15, 0.2) is 0 Å². The van der Waals surface area contributed by atoms with Gasteiger partial charge in [-0.25, -0.2) is 0 Å². The summed E-state index contributed by atoms with van der Waals surface area (Å²) in [5.41, 5.74) is 14.7. The van der Waals surface area contributed by atoms with Crippen molar-refractivity contribution < 1.29 is 28.8 Å². The van der Waals surface area contributed by atoms with Gasteiger partial charge in [-0.1, -0.05) is 314 Å². The fraction of sp³-hybridized carbons (Fsp3) is 0.0769. The van der Waals surface area contributed by atoms with E-state index in [2.05, 4.69) is 142 Å². The van der Waals surface area contributed by atoms with Crippen molar-refractivity contribution in [2.24, 2.45) is 0 Å². The van der Waals surface area contributed by atoms with Crippen LogP contribution in [0.15, 0.2) is 376 Å². The molecule has 5 nitrogen and oxygen atoms in total. The van der Waals surface area contributed by atoms with E-state index in [0.717, 1.165) is 72.2 Å². The van der Waals surface area contributed by atoms with Crippen LogP contribution < -0.4 is 31.1 Å². The molecule has 0 amide bonds. The molecule has 20 rings (SSSR count). The fourth-order valence-corrected chi connectivity index (χ4v) is 16.4. The van der Waals surface area contributed by atoms with Crippen LogP contribution in [0, 0.1) is 0 Å². The van der Waals surface area contributed by atoms with Crippen LogP contribution in [0.5, 0.6) is 0 Å². The number of hydrogen-bond acceptors (Lipinski definition) is 3.